The number of nitrogens with zero attached hydrogens (tertiary/aromatic N) is 1. The number of thiocarbonyl (C=S) groups is 1. The monoisotopic (exact) mass is 270 g/mol. The van der Waals surface area contributed by atoms with Crippen molar-refractivity contribution in [1.82, 2.24) is 4.90 Å². The van der Waals surface area contributed by atoms with Gasteiger partial charge in [-0.2, -0.15) is 0 Å². The Hall–Kier alpha value is -0.640. The van der Waals surface area contributed by atoms with E-state index in [1.165, 1.54) is 0 Å². The molecule has 1 aliphatic carbocycles. The third kappa shape index (κ3) is 3.02. The van der Waals surface area contributed by atoms with Gasteiger partial charge in [0, 0.05) is 13.1 Å². The summed E-state index contributed by atoms with van der Waals surface area (Å²) < 4.78 is 0. The van der Waals surface area contributed by atoms with Crippen molar-refractivity contribution in [3.8, 4) is 0 Å². The van der Waals surface area contributed by atoms with Crippen LogP contribution < -0.4 is 5.73 Å². The minimum Gasteiger partial charge on any atom is -0.392 e. The number of hydrogen-bond acceptors (Lipinski definition) is 2. The average Bonchev–Trinajstić information content (AvgIpc) is 2.76. The highest BCUT2D eigenvalue weighted by Gasteiger charge is 2.46. The van der Waals surface area contributed by atoms with Crippen molar-refractivity contribution in [2.45, 2.75) is 58.9 Å². The predicted octanol–water partition coefficient (Wildman–Crippen LogP) is 2.73. The summed E-state index contributed by atoms with van der Waals surface area (Å²) in [6.07, 6.45) is 4.75. The molecule has 3 nitrogen and oxygen atoms in total. The number of carbonyl (C=O) groups is 1. The molecule has 0 radical (unpaired) electrons. The average molecular weight is 270 g/mol. The van der Waals surface area contributed by atoms with Crippen LogP contribution in [0.2, 0.25) is 0 Å². The number of nitrogens with two attached hydrogens (primary N) is 1. The lowest BCUT2D eigenvalue weighted by atomic mass is 9.84. The van der Waals surface area contributed by atoms with E-state index in [2.05, 4.69) is 20.8 Å². The first-order chi connectivity index (χ1) is 8.31. The lowest BCUT2D eigenvalue weighted by Crippen LogP contribution is -2.50. The quantitative estimate of drug-likeness (QED) is 0.781. The number of carbonyl (C=O) groups excluding carboxylic acids is 1. The molecule has 2 N–H and O–H groups in total. The van der Waals surface area contributed by atoms with E-state index in [0.717, 1.165) is 32.1 Å². The van der Waals surface area contributed by atoms with Gasteiger partial charge in [0.1, 0.15) is 0 Å². The van der Waals surface area contributed by atoms with Gasteiger partial charge in [-0.3, -0.25) is 4.79 Å². The summed E-state index contributed by atoms with van der Waals surface area (Å²) >= 11 is 5.17. The zero-order chi connectivity index (χ0) is 13.9. The molecule has 0 heterocycles. The van der Waals surface area contributed by atoms with Crippen LogP contribution in [0.3, 0.4) is 0 Å². The van der Waals surface area contributed by atoms with Gasteiger partial charge in [-0.05, 0) is 32.1 Å². The second kappa shape index (κ2) is 6.00. The Labute approximate surface area is 116 Å². The smallest absolute Gasteiger partial charge is 0.235 e. The van der Waals surface area contributed by atoms with Gasteiger partial charge in [0.2, 0.25) is 5.91 Å². The molecule has 0 bridgehead atoms. The molecule has 1 unspecified atom stereocenters. The van der Waals surface area contributed by atoms with Crippen molar-refractivity contribution in [1.29, 1.82) is 0 Å². The van der Waals surface area contributed by atoms with Crippen molar-refractivity contribution < 1.29 is 4.79 Å². The lowest BCUT2D eigenvalue weighted by molar-refractivity contribution is -0.138. The Balaban J connectivity index is 2.81. The van der Waals surface area contributed by atoms with E-state index >= 15 is 0 Å². The van der Waals surface area contributed by atoms with E-state index < -0.39 is 5.41 Å². The van der Waals surface area contributed by atoms with E-state index in [1.807, 2.05) is 11.9 Å². The van der Waals surface area contributed by atoms with Crippen molar-refractivity contribution >= 4 is 23.1 Å². The van der Waals surface area contributed by atoms with E-state index in [-0.39, 0.29) is 11.9 Å². The molecule has 1 aliphatic rings. The van der Waals surface area contributed by atoms with E-state index in [1.54, 1.807) is 0 Å². The second-order valence-corrected chi connectivity index (χ2v) is 6.49. The maximum atomic E-state index is 12.7. The maximum absolute atomic E-state index is 12.7. The van der Waals surface area contributed by atoms with Crippen LogP contribution in [0.15, 0.2) is 0 Å². The molecule has 4 heteroatoms. The largest absolute Gasteiger partial charge is 0.392 e. The van der Waals surface area contributed by atoms with Crippen LogP contribution in [-0.2, 0) is 4.79 Å². The first kappa shape index (κ1) is 15.4. The zero-order valence-electron chi connectivity index (χ0n) is 12.0. The van der Waals surface area contributed by atoms with Crippen molar-refractivity contribution in [3.05, 3.63) is 0 Å². The third-order valence-electron chi connectivity index (χ3n) is 4.13. The number of amides is 1. The molecule has 0 aliphatic heterocycles. The standard InChI is InChI=1S/C14H26N2OS/c1-10(2)9-11(3)16(4)13(17)14(12(15)18)7-5-6-8-14/h10-11H,5-9H2,1-4H3,(H2,15,18). The second-order valence-electron chi connectivity index (χ2n) is 6.05. The molecule has 0 spiro atoms. The molecule has 1 saturated carbocycles. The molecule has 1 fully saturated rings. The molecule has 104 valence electrons. The summed E-state index contributed by atoms with van der Waals surface area (Å²) in [6, 6.07) is 0.240. The van der Waals surface area contributed by atoms with Crippen molar-refractivity contribution in [2.24, 2.45) is 17.1 Å². The first-order valence-corrected chi connectivity index (χ1v) is 7.29. The Morgan fingerprint density at radius 3 is 2.22 bits per heavy atom. The topological polar surface area (TPSA) is 46.3 Å². The van der Waals surface area contributed by atoms with Crippen LogP contribution in [0, 0.1) is 11.3 Å². The number of rotatable bonds is 5. The third-order valence-corrected chi connectivity index (χ3v) is 4.52. The van der Waals surface area contributed by atoms with Crippen LogP contribution in [-0.4, -0.2) is 28.9 Å². The van der Waals surface area contributed by atoms with E-state index in [9.17, 15) is 4.79 Å². The molecule has 1 amide bonds. The van der Waals surface area contributed by atoms with Crippen LogP contribution in [0.5, 0.6) is 0 Å². The fraction of sp³-hybridized carbons (Fsp3) is 0.857. The Morgan fingerprint density at radius 2 is 1.83 bits per heavy atom. The minimum atomic E-state index is -0.560. The summed E-state index contributed by atoms with van der Waals surface area (Å²) in [5.74, 6) is 0.709. The zero-order valence-corrected chi connectivity index (χ0v) is 12.8. The van der Waals surface area contributed by atoms with Crippen LogP contribution in [0.4, 0.5) is 0 Å². The fourth-order valence-corrected chi connectivity index (χ4v) is 3.21. The molecule has 0 aromatic carbocycles. The highest BCUT2D eigenvalue weighted by molar-refractivity contribution is 7.80. The van der Waals surface area contributed by atoms with Crippen LogP contribution >= 0.6 is 12.2 Å². The van der Waals surface area contributed by atoms with Gasteiger partial charge in [0.25, 0.3) is 0 Å². The summed E-state index contributed by atoms with van der Waals surface area (Å²) in [5, 5.41) is 0. The van der Waals surface area contributed by atoms with E-state index in [4.69, 9.17) is 18.0 Å². The first-order valence-electron chi connectivity index (χ1n) is 6.88. The van der Waals surface area contributed by atoms with Gasteiger partial charge in [-0.25, -0.2) is 0 Å². The van der Waals surface area contributed by atoms with Gasteiger partial charge in [0.15, 0.2) is 0 Å². The molecular formula is C14H26N2OS. The Kier molecular flexibility index (Phi) is 5.14. The Bertz CT molecular complexity index is 322. The van der Waals surface area contributed by atoms with Crippen LogP contribution in [0.25, 0.3) is 0 Å². The predicted molar refractivity (Wildman–Crippen MR) is 79.4 cm³/mol. The molecule has 1 atom stereocenters. The van der Waals surface area contributed by atoms with Gasteiger partial charge in [0.05, 0.1) is 10.4 Å². The Morgan fingerprint density at radius 1 is 1.33 bits per heavy atom. The lowest BCUT2D eigenvalue weighted by Gasteiger charge is -2.35. The van der Waals surface area contributed by atoms with Crippen molar-refractivity contribution in [2.75, 3.05) is 7.05 Å². The molecule has 0 saturated heterocycles. The SMILES string of the molecule is CC(C)CC(C)N(C)C(=O)C1(C(N)=S)CCCC1. The van der Waals surface area contributed by atoms with Crippen molar-refractivity contribution in [3.63, 3.8) is 0 Å². The molecule has 0 aromatic heterocycles. The van der Waals surface area contributed by atoms with E-state index in [0.29, 0.717) is 10.9 Å². The molecule has 0 aromatic rings. The normalized spacial score (nSPS) is 19.8. The molecule has 1 rings (SSSR count). The molecular weight excluding hydrogens is 244 g/mol. The number of hydrogen-bond donors (Lipinski definition) is 1. The minimum absolute atomic E-state index is 0.126. The van der Waals surface area contributed by atoms with Gasteiger partial charge in [-0.15, -0.1) is 0 Å². The van der Waals surface area contributed by atoms with Gasteiger partial charge < -0.3 is 10.6 Å². The summed E-state index contributed by atoms with van der Waals surface area (Å²) in [4.78, 5) is 14.9. The summed E-state index contributed by atoms with van der Waals surface area (Å²) in [7, 11) is 1.88. The highest BCUT2D eigenvalue weighted by Crippen LogP contribution is 2.40. The van der Waals surface area contributed by atoms with Crippen LogP contribution in [0.1, 0.15) is 52.9 Å². The maximum Gasteiger partial charge on any atom is 0.235 e. The summed E-state index contributed by atoms with van der Waals surface area (Å²) in [6.45, 7) is 6.45. The summed E-state index contributed by atoms with van der Waals surface area (Å²) in [5.41, 5.74) is 5.30. The fourth-order valence-electron chi connectivity index (χ4n) is 2.92. The molecule has 18 heavy (non-hydrogen) atoms. The highest BCUT2D eigenvalue weighted by atomic mass is 32.1. The van der Waals surface area contributed by atoms with Gasteiger partial charge in [-0.1, -0.05) is 38.9 Å². The van der Waals surface area contributed by atoms with Gasteiger partial charge >= 0.3 is 0 Å².